The van der Waals surface area contributed by atoms with E-state index in [4.69, 9.17) is 12.2 Å². The van der Waals surface area contributed by atoms with Crippen molar-refractivity contribution in [1.82, 2.24) is 15.6 Å². The van der Waals surface area contributed by atoms with Crippen LogP contribution in [0.5, 0.6) is 0 Å². The van der Waals surface area contributed by atoms with Gasteiger partial charge in [-0.05, 0) is 18.6 Å². The Morgan fingerprint density at radius 3 is 2.70 bits per heavy atom. The molecule has 0 aliphatic carbocycles. The van der Waals surface area contributed by atoms with Crippen LogP contribution in [-0.2, 0) is 0 Å². The van der Waals surface area contributed by atoms with E-state index in [1.54, 1.807) is 18.5 Å². The highest BCUT2D eigenvalue weighted by atomic mass is 32.1. The van der Waals surface area contributed by atoms with E-state index in [0.717, 1.165) is 18.4 Å². The van der Waals surface area contributed by atoms with Crippen LogP contribution in [0, 0.1) is 0 Å². The molecule has 0 atom stereocenters. The van der Waals surface area contributed by atoms with Gasteiger partial charge in [-0.25, -0.2) is 4.79 Å². The molecule has 0 radical (unpaired) electrons. The number of nitrogens with zero attached hydrogens (tertiary/aromatic N) is 1. The molecule has 2 amide bonds. The fourth-order valence-electron chi connectivity index (χ4n) is 1.82. The Bertz CT molecular complexity index is 409. The third kappa shape index (κ3) is 7.19. The predicted molar refractivity (Wildman–Crippen MR) is 85.8 cm³/mol. The van der Waals surface area contributed by atoms with Crippen molar-refractivity contribution in [2.24, 2.45) is 0 Å². The second-order valence-electron chi connectivity index (χ2n) is 4.72. The topological polar surface area (TPSA) is 54.0 Å². The maximum atomic E-state index is 11.6. The molecule has 0 aromatic carbocycles. The lowest BCUT2D eigenvalue weighted by atomic mass is 10.1. The average molecular weight is 293 g/mol. The number of urea groups is 1. The molecule has 0 saturated carbocycles. The van der Waals surface area contributed by atoms with E-state index in [1.165, 1.54) is 25.7 Å². The molecule has 0 aliphatic rings. The largest absolute Gasteiger partial charge is 0.338 e. The molecular formula is C15H23N3OS. The van der Waals surface area contributed by atoms with Crippen molar-refractivity contribution in [1.29, 1.82) is 0 Å². The van der Waals surface area contributed by atoms with Crippen LogP contribution < -0.4 is 10.6 Å². The lowest BCUT2D eigenvalue weighted by molar-refractivity contribution is 0.245. The fourth-order valence-corrected chi connectivity index (χ4v) is 2.04. The van der Waals surface area contributed by atoms with Gasteiger partial charge in [0.05, 0.1) is 0 Å². The Hall–Kier alpha value is -1.49. The van der Waals surface area contributed by atoms with Gasteiger partial charge in [-0.15, -0.1) is 0 Å². The van der Waals surface area contributed by atoms with Gasteiger partial charge in [0.2, 0.25) is 0 Å². The summed E-state index contributed by atoms with van der Waals surface area (Å²) in [5.74, 6) is 0. The summed E-state index contributed by atoms with van der Waals surface area (Å²) in [4.78, 5) is 16.0. The molecule has 0 saturated heterocycles. The Morgan fingerprint density at radius 2 is 2.00 bits per heavy atom. The van der Waals surface area contributed by atoms with Gasteiger partial charge in [0, 0.05) is 24.5 Å². The minimum Gasteiger partial charge on any atom is -0.338 e. The Kier molecular flexibility index (Phi) is 8.54. The lowest BCUT2D eigenvalue weighted by Crippen LogP contribution is -2.39. The SMILES string of the molecule is CCCCCCCCNC(=O)NC(=S)c1cccnc1. The summed E-state index contributed by atoms with van der Waals surface area (Å²) >= 11 is 5.13. The van der Waals surface area contributed by atoms with Crippen LogP contribution in [0.4, 0.5) is 4.79 Å². The van der Waals surface area contributed by atoms with Crippen LogP contribution in [0.2, 0.25) is 0 Å². The lowest BCUT2D eigenvalue weighted by Gasteiger charge is -2.08. The Balaban J connectivity index is 2.10. The van der Waals surface area contributed by atoms with Crippen molar-refractivity contribution in [3.8, 4) is 0 Å². The van der Waals surface area contributed by atoms with Crippen molar-refractivity contribution in [3.63, 3.8) is 0 Å². The first-order valence-corrected chi connectivity index (χ1v) is 7.64. The molecule has 20 heavy (non-hydrogen) atoms. The van der Waals surface area contributed by atoms with Crippen molar-refractivity contribution < 1.29 is 4.79 Å². The first-order valence-electron chi connectivity index (χ1n) is 7.23. The number of carbonyl (C=O) groups excluding carboxylic acids is 1. The first kappa shape index (κ1) is 16.6. The van der Waals surface area contributed by atoms with Gasteiger partial charge in [-0.1, -0.05) is 51.2 Å². The quantitative estimate of drug-likeness (QED) is 0.570. The zero-order chi connectivity index (χ0) is 14.6. The number of carbonyl (C=O) groups is 1. The number of nitrogens with one attached hydrogen (secondary N) is 2. The fraction of sp³-hybridized carbons (Fsp3) is 0.533. The van der Waals surface area contributed by atoms with Gasteiger partial charge in [0.25, 0.3) is 0 Å². The smallest absolute Gasteiger partial charge is 0.319 e. The third-order valence-electron chi connectivity index (χ3n) is 2.97. The molecule has 1 aromatic heterocycles. The predicted octanol–water partition coefficient (Wildman–Crippen LogP) is 3.42. The highest BCUT2D eigenvalue weighted by molar-refractivity contribution is 7.80. The average Bonchev–Trinajstić information content (AvgIpc) is 2.47. The van der Waals surface area contributed by atoms with Gasteiger partial charge in [0.1, 0.15) is 4.99 Å². The van der Waals surface area contributed by atoms with Crippen LogP contribution in [0.15, 0.2) is 24.5 Å². The third-order valence-corrected chi connectivity index (χ3v) is 3.30. The summed E-state index contributed by atoms with van der Waals surface area (Å²) in [5.41, 5.74) is 0.747. The summed E-state index contributed by atoms with van der Waals surface area (Å²) in [6.45, 7) is 2.89. The van der Waals surface area contributed by atoms with Crippen molar-refractivity contribution in [2.75, 3.05) is 6.54 Å². The molecule has 0 spiro atoms. The molecule has 4 nitrogen and oxygen atoms in total. The molecule has 1 rings (SSSR count). The Labute approximate surface area is 126 Å². The van der Waals surface area contributed by atoms with Crippen LogP contribution in [-0.4, -0.2) is 22.5 Å². The summed E-state index contributed by atoms with van der Waals surface area (Å²) in [5, 5.41) is 5.47. The molecule has 1 heterocycles. The molecule has 2 N–H and O–H groups in total. The maximum Gasteiger partial charge on any atom is 0.319 e. The van der Waals surface area contributed by atoms with E-state index in [2.05, 4.69) is 22.5 Å². The molecule has 5 heteroatoms. The monoisotopic (exact) mass is 293 g/mol. The number of hydrogen-bond donors (Lipinski definition) is 2. The van der Waals surface area contributed by atoms with Crippen LogP contribution >= 0.6 is 12.2 Å². The normalized spacial score (nSPS) is 10.1. The molecule has 0 aliphatic heterocycles. The van der Waals surface area contributed by atoms with Crippen molar-refractivity contribution >= 4 is 23.2 Å². The van der Waals surface area contributed by atoms with Gasteiger partial charge in [0.15, 0.2) is 0 Å². The second kappa shape index (κ2) is 10.3. The number of thiocarbonyl (C=S) groups is 1. The molecule has 110 valence electrons. The van der Waals surface area contributed by atoms with Gasteiger partial charge in [-0.3, -0.25) is 10.3 Å². The van der Waals surface area contributed by atoms with E-state index in [1.807, 2.05) is 6.07 Å². The number of amides is 2. The zero-order valence-electron chi connectivity index (χ0n) is 12.0. The van der Waals surface area contributed by atoms with E-state index in [0.29, 0.717) is 11.5 Å². The van der Waals surface area contributed by atoms with E-state index in [9.17, 15) is 4.79 Å². The number of pyridine rings is 1. The van der Waals surface area contributed by atoms with Gasteiger partial charge < -0.3 is 5.32 Å². The van der Waals surface area contributed by atoms with E-state index >= 15 is 0 Å². The van der Waals surface area contributed by atoms with E-state index in [-0.39, 0.29) is 6.03 Å². The molecule has 1 aromatic rings. The second-order valence-corrected chi connectivity index (χ2v) is 5.13. The molecular weight excluding hydrogens is 270 g/mol. The number of rotatable bonds is 8. The van der Waals surface area contributed by atoms with Gasteiger partial charge in [-0.2, -0.15) is 0 Å². The summed E-state index contributed by atoms with van der Waals surface area (Å²) < 4.78 is 0. The standard InChI is InChI=1S/C15H23N3OS/c1-2-3-4-5-6-7-11-17-15(19)18-14(20)13-9-8-10-16-12-13/h8-10,12H,2-7,11H2,1H3,(H2,17,18,19,20). The summed E-state index contributed by atoms with van der Waals surface area (Å²) in [6, 6.07) is 3.37. The number of hydrogen-bond acceptors (Lipinski definition) is 3. The van der Waals surface area contributed by atoms with Gasteiger partial charge >= 0.3 is 6.03 Å². The minimum atomic E-state index is -0.243. The number of aromatic nitrogens is 1. The highest BCUT2D eigenvalue weighted by Crippen LogP contribution is 2.04. The molecule has 0 unspecified atom stereocenters. The first-order chi connectivity index (χ1) is 9.74. The highest BCUT2D eigenvalue weighted by Gasteiger charge is 2.05. The summed E-state index contributed by atoms with van der Waals surface area (Å²) in [6.07, 6.45) is 10.6. The van der Waals surface area contributed by atoms with Crippen LogP contribution in [0.1, 0.15) is 51.0 Å². The molecule has 0 bridgehead atoms. The van der Waals surface area contributed by atoms with Crippen molar-refractivity contribution in [2.45, 2.75) is 45.4 Å². The molecule has 0 fully saturated rings. The maximum absolute atomic E-state index is 11.6. The number of unbranched alkanes of at least 4 members (excludes halogenated alkanes) is 5. The Morgan fingerprint density at radius 1 is 1.25 bits per heavy atom. The van der Waals surface area contributed by atoms with Crippen molar-refractivity contribution in [3.05, 3.63) is 30.1 Å². The van der Waals surface area contributed by atoms with E-state index < -0.39 is 0 Å². The minimum absolute atomic E-state index is 0.243. The zero-order valence-corrected chi connectivity index (χ0v) is 12.8. The van der Waals surface area contributed by atoms with Crippen LogP contribution in [0.25, 0.3) is 0 Å². The summed E-state index contributed by atoms with van der Waals surface area (Å²) in [7, 11) is 0. The van der Waals surface area contributed by atoms with Crippen LogP contribution in [0.3, 0.4) is 0 Å².